The molecule has 0 saturated heterocycles. The molecule has 146 valence electrons. The minimum absolute atomic E-state index is 0.0192. The summed E-state index contributed by atoms with van der Waals surface area (Å²) in [5.41, 5.74) is -1.02. The molecule has 0 aliphatic rings. The van der Waals surface area contributed by atoms with Crippen LogP contribution in [0.1, 0.15) is 23.6 Å². The standard InChI is InChI=1S/C18H15BrF4O4/c1-3-10-7-13(19)16(8-14(10)20)26-9-11-12(18(21,22)23)5-4-6-15(11)27-17(24)25-2/h4-8H,3,9H2,1-2H3. The van der Waals surface area contributed by atoms with Gasteiger partial charge in [0.25, 0.3) is 0 Å². The average Bonchev–Trinajstić information content (AvgIpc) is 2.61. The minimum atomic E-state index is -4.71. The molecule has 0 N–H and O–H groups in total. The topological polar surface area (TPSA) is 44.8 Å². The number of carbonyl (C=O) groups excluding carboxylic acids is 1. The lowest BCUT2D eigenvalue weighted by Crippen LogP contribution is -2.15. The summed E-state index contributed by atoms with van der Waals surface area (Å²) in [6.07, 6.45) is -5.43. The summed E-state index contributed by atoms with van der Waals surface area (Å²) >= 11 is 3.20. The van der Waals surface area contributed by atoms with E-state index in [-0.39, 0.29) is 11.5 Å². The summed E-state index contributed by atoms with van der Waals surface area (Å²) in [7, 11) is 1.03. The number of methoxy groups -OCH3 is 1. The Bertz CT molecular complexity index is 837. The fourth-order valence-corrected chi connectivity index (χ4v) is 2.81. The van der Waals surface area contributed by atoms with E-state index in [9.17, 15) is 22.4 Å². The highest BCUT2D eigenvalue weighted by Gasteiger charge is 2.35. The highest BCUT2D eigenvalue weighted by atomic mass is 79.9. The smallest absolute Gasteiger partial charge is 0.487 e. The van der Waals surface area contributed by atoms with Gasteiger partial charge in [0.05, 0.1) is 17.1 Å². The second kappa shape index (κ2) is 8.60. The third-order valence-corrected chi connectivity index (χ3v) is 4.27. The molecular formula is C18H15BrF4O4. The van der Waals surface area contributed by atoms with Gasteiger partial charge in [0, 0.05) is 11.6 Å². The third-order valence-electron chi connectivity index (χ3n) is 3.65. The molecule has 0 fully saturated rings. The number of halogens is 5. The highest BCUT2D eigenvalue weighted by Crippen LogP contribution is 2.37. The Morgan fingerprint density at radius 1 is 1.19 bits per heavy atom. The van der Waals surface area contributed by atoms with Gasteiger partial charge in [0.15, 0.2) is 0 Å². The maximum Gasteiger partial charge on any atom is 0.513 e. The third kappa shape index (κ3) is 5.12. The van der Waals surface area contributed by atoms with Crippen LogP contribution in [-0.2, 0) is 23.9 Å². The number of aryl methyl sites for hydroxylation is 1. The van der Waals surface area contributed by atoms with Crippen molar-refractivity contribution in [3.8, 4) is 11.5 Å². The molecule has 0 unspecified atom stereocenters. The van der Waals surface area contributed by atoms with E-state index in [2.05, 4.69) is 20.7 Å². The number of carbonyl (C=O) groups is 1. The Morgan fingerprint density at radius 3 is 2.48 bits per heavy atom. The van der Waals surface area contributed by atoms with Crippen molar-refractivity contribution in [2.24, 2.45) is 0 Å². The van der Waals surface area contributed by atoms with Gasteiger partial charge in [-0.1, -0.05) is 13.0 Å². The summed E-state index contributed by atoms with van der Waals surface area (Å²) in [4.78, 5) is 11.3. The van der Waals surface area contributed by atoms with Crippen LogP contribution in [0.25, 0.3) is 0 Å². The van der Waals surface area contributed by atoms with Gasteiger partial charge in [-0.25, -0.2) is 9.18 Å². The van der Waals surface area contributed by atoms with Gasteiger partial charge in [0.1, 0.15) is 23.9 Å². The van der Waals surface area contributed by atoms with Crippen molar-refractivity contribution in [1.82, 2.24) is 0 Å². The molecule has 0 aliphatic heterocycles. The van der Waals surface area contributed by atoms with Crippen molar-refractivity contribution in [2.75, 3.05) is 7.11 Å². The summed E-state index contributed by atoms with van der Waals surface area (Å²) in [6, 6.07) is 5.68. The molecule has 0 bridgehead atoms. The number of benzene rings is 2. The van der Waals surface area contributed by atoms with E-state index >= 15 is 0 Å². The zero-order chi connectivity index (χ0) is 20.2. The molecule has 0 aliphatic carbocycles. The average molecular weight is 451 g/mol. The van der Waals surface area contributed by atoms with Gasteiger partial charge < -0.3 is 14.2 Å². The molecule has 2 aromatic rings. The first-order valence-electron chi connectivity index (χ1n) is 7.73. The van der Waals surface area contributed by atoms with Crippen LogP contribution in [0.15, 0.2) is 34.8 Å². The van der Waals surface area contributed by atoms with E-state index in [0.717, 1.165) is 25.3 Å². The van der Waals surface area contributed by atoms with Crippen molar-refractivity contribution in [3.63, 3.8) is 0 Å². The summed E-state index contributed by atoms with van der Waals surface area (Å²) in [5.74, 6) is -0.880. The van der Waals surface area contributed by atoms with Crippen LogP contribution < -0.4 is 9.47 Å². The van der Waals surface area contributed by atoms with Gasteiger partial charge in [-0.05, 0) is 46.1 Å². The van der Waals surface area contributed by atoms with E-state index < -0.39 is 35.9 Å². The molecule has 0 spiro atoms. The SMILES string of the molecule is CCc1cc(Br)c(OCc2c(OC(=O)OC)cccc2C(F)(F)F)cc1F. The van der Waals surface area contributed by atoms with Gasteiger partial charge in [0.2, 0.25) is 0 Å². The zero-order valence-corrected chi connectivity index (χ0v) is 15.9. The molecule has 0 heterocycles. The molecule has 2 rings (SSSR count). The maximum absolute atomic E-state index is 14.0. The number of hydrogen-bond acceptors (Lipinski definition) is 4. The van der Waals surface area contributed by atoms with Crippen LogP contribution >= 0.6 is 15.9 Å². The van der Waals surface area contributed by atoms with Crippen LogP contribution in [0.2, 0.25) is 0 Å². The van der Waals surface area contributed by atoms with Crippen LogP contribution in [0.4, 0.5) is 22.4 Å². The van der Waals surface area contributed by atoms with Crippen LogP contribution in [0, 0.1) is 5.82 Å². The van der Waals surface area contributed by atoms with Crippen molar-refractivity contribution >= 4 is 22.1 Å². The highest BCUT2D eigenvalue weighted by molar-refractivity contribution is 9.10. The largest absolute Gasteiger partial charge is 0.513 e. The van der Waals surface area contributed by atoms with Crippen LogP contribution in [-0.4, -0.2) is 13.3 Å². The van der Waals surface area contributed by atoms with E-state index in [0.29, 0.717) is 16.5 Å². The Hall–Kier alpha value is -2.29. The van der Waals surface area contributed by atoms with E-state index in [1.165, 1.54) is 12.1 Å². The van der Waals surface area contributed by atoms with E-state index in [4.69, 9.17) is 9.47 Å². The Morgan fingerprint density at radius 2 is 1.89 bits per heavy atom. The first-order chi connectivity index (χ1) is 12.7. The Kier molecular flexibility index (Phi) is 6.69. The summed E-state index contributed by atoms with van der Waals surface area (Å²) in [6.45, 7) is 1.16. The number of ether oxygens (including phenoxy) is 3. The van der Waals surface area contributed by atoms with Crippen LogP contribution in [0.3, 0.4) is 0 Å². The van der Waals surface area contributed by atoms with Gasteiger partial charge in [-0.3, -0.25) is 0 Å². The Labute approximate surface area is 161 Å². The van der Waals surface area contributed by atoms with Crippen LogP contribution in [0.5, 0.6) is 11.5 Å². The quantitative estimate of drug-likeness (QED) is 0.323. The number of hydrogen-bond donors (Lipinski definition) is 0. The van der Waals surface area contributed by atoms with Crippen molar-refractivity contribution in [1.29, 1.82) is 0 Å². The normalized spacial score (nSPS) is 11.2. The second-order valence-electron chi connectivity index (χ2n) is 5.35. The van der Waals surface area contributed by atoms with Crippen molar-refractivity contribution in [2.45, 2.75) is 26.1 Å². The summed E-state index contributed by atoms with van der Waals surface area (Å²) in [5, 5.41) is 0. The Balaban J connectivity index is 2.39. The molecule has 9 heteroatoms. The van der Waals surface area contributed by atoms with Gasteiger partial charge in [-0.2, -0.15) is 13.2 Å². The zero-order valence-electron chi connectivity index (χ0n) is 14.3. The molecular weight excluding hydrogens is 436 g/mol. The first kappa shape index (κ1) is 21.0. The molecule has 0 atom stereocenters. The van der Waals surface area contributed by atoms with Gasteiger partial charge >= 0.3 is 12.3 Å². The maximum atomic E-state index is 14.0. The molecule has 2 aromatic carbocycles. The fourth-order valence-electron chi connectivity index (χ4n) is 2.31. The lowest BCUT2D eigenvalue weighted by atomic mass is 10.1. The molecule has 0 radical (unpaired) electrons. The molecule has 0 amide bonds. The lowest BCUT2D eigenvalue weighted by Gasteiger charge is -2.17. The van der Waals surface area contributed by atoms with Crippen molar-refractivity contribution in [3.05, 3.63) is 57.3 Å². The predicted octanol–water partition coefficient (Wildman–Crippen LogP) is 5.89. The van der Waals surface area contributed by atoms with E-state index in [1.807, 2.05) is 0 Å². The minimum Gasteiger partial charge on any atom is -0.487 e. The lowest BCUT2D eigenvalue weighted by molar-refractivity contribution is -0.138. The van der Waals surface area contributed by atoms with Crippen molar-refractivity contribution < 1.29 is 36.6 Å². The van der Waals surface area contributed by atoms with E-state index in [1.54, 1.807) is 6.92 Å². The monoisotopic (exact) mass is 450 g/mol. The number of alkyl halides is 3. The predicted molar refractivity (Wildman–Crippen MR) is 92.3 cm³/mol. The van der Waals surface area contributed by atoms with Gasteiger partial charge in [-0.15, -0.1) is 0 Å². The second-order valence-corrected chi connectivity index (χ2v) is 6.21. The molecule has 27 heavy (non-hydrogen) atoms. The molecule has 0 aromatic heterocycles. The molecule has 4 nitrogen and oxygen atoms in total. The first-order valence-corrected chi connectivity index (χ1v) is 8.52. The number of rotatable bonds is 5. The summed E-state index contributed by atoms with van der Waals surface area (Å²) < 4.78 is 68.8. The fraction of sp³-hybridized carbons (Fsp3) is 0.278. The molecule has 0 saturated carbocycles.